The van der Waals surface area contributed by atoms with Crippen LogP contribution in [0.2, 0.25) is 0 Å². The third kappa shape index (κ3) is 4.04. The van der Waals surface area contributed by atoms with Crippen LogP contribution in [0.25, 0.3) is 0 Å². The molecule has 124 valence electrons. The van der Waals surface area contributed by atoms with Crippen molar-refractivity contribution in [1.29, 1.82) is 0 Å². The zero-order chi connectivity index (χ0) is 16.2. The molecule has 0 aliphatic carbocycles. The van der Waals surface area contributed by atoms with Crippen molar-refractivity contribution in [3.05, 3.63) is 12.0 Å². The lowest BCUT2D eigenvalue weighted by Crippen LogP contribution is -2.57. The Bertz CT molecular complexity index is 485. The molecule has 6 nitrogen and oxygen atoms in total. The highest BCUT2D eigenvalue weighted by Gasteiger charge is 2.29. The summed E-state index contributed by atoms with van der Waals surface area (Å²) in [5.74, 6) is 0.223. The first-order valence-electron chi connectivity index (χ1n) is 7.88. The topological polar surface area (TPSA) is 56.3 Å². The van der Waals surface area contributed by atoms with E-state index in [2.05, 4.69) is 51.2 Å². The van der Waals surface area contributed by atoms with E-state index in [1.165, 1.54) is 6.20 Å². The fourth-order valence-corrected chi connectivity index (χ4v) is 2.70. The first-order valence-corrected chi connectivity index (χ1v) is 7.88. The summed E-state index contributed by atoms with van der Waals surface area (Å²) in [7, 11) is 1.65. The van der Waals surface area contributed by atoms with Gasteiger partial charge in [-0.1, -0.05) is 6.92 Å². The largest absolute Gasteiger partial charge is 0.371 e. The van der Waals surface area contributed by atoms with Gasteiger partial charge in [-0.2, -0.15) is 4.98 Å². The van der Waals surface area contributed by atoms with Crippen LogP contribution >= 0.6 is 0 Å². The van der Waals surface area contributed by atoms with Gasteiger partial charge in [-0.25, -0.2) is 9.37 Å². The molecule has 1 aliphatic rings. The number of halogens is 1. The van der Waals surface area contributed by atoms with Gasteiger partial charge in [0.05, 0.1) is 6.20 Å². The molecule has 22 heavy (non-hydrogen) atoms. The van der Waals surface area contributed by atoms with Crippen LogP contribution < -0.4 is 10.6 Å². The van der Waals surface area contributed by atoms with Crippen molar-refractivity contribution in [3.8, 4) is 0 Å². The average molecular weight is 310 g/mol. The van der Waals surface area contributed by atoms with Crippen LogP contribution in [0.5, 0.6) is 0 Å². The second-order valence-corrected chi connectivity index (χ2v) is 6.23. The van der Waals surface area contributed by atoms with E-state index in [4.69, 9.17) is 0 Å². The zero-order valence-electron chi connectivity index (χ0n) is 14.0. The number of hydrogen-bond donors (Lipinski definition) is 2. The number of rotatable bonds is 6. The molecule has 1 aromatic rings. The van der Waals surface area contributed by atoms with Crippen LogP contribution in [0.4, 0.5) is 16.2 Å². The molecule has 0 atom stereocenters. The smallest absolute Gasteiger partial charge is 0.224 e. The Labute approximate surface area is 132 Å². The third-order valence-corrected chi connectivity index (χ3v) is 4.34. The van der Waals surface area contributed by atoms with Gasteiger partial charge in [0.25, 0.3) is 0 Å². The van der Waals surface area contributed by atoms with Gasteiger partial charge in [0.1, 0.15) is 0 Å². The van der Waals surface area contributed by atoms with Crippen molar-refractivity contribution >= 4 is 11.8 Å². The van der Waals surface area contributed by atoms with Crippen molar-refractivity contribution < 1.29 is 4.39 Å². The van der Waals surface area contributed by atoms with E-state index in [1.54, 1.807) is 7.05 Å². The second kappa shape index (κ2) is 7.19. The number of anilines is 2. The Morgan fingerprint density at radius 3 is 2.55 bits per heavy atom. The van der Waals surface area contributed by atoms with Gasteiger partial charge in [0.15, 0.2) is 11.6 Å². The van der Waals surface area contributed by atoms with Gasteiger partial charge < -0.3 is 15.5 Å². The zero-order valence-corrected chi connectivity index (χ0v) is 14.0. The lowest BCUT2D eigenvalue weighted by Gasteiger charge is -2.44. The molecule has 0 saturated carbocycles. The van der Waals surface area contributed by atoms with Crippen molar-refractivity contribution in [2.45, 2.75) is 26.3 Å². The molecule has 0 radical (unpaired) electrons. The van der Waals surface area contributed by atoms with Gasteiger partial charge in [0, 0.05) is 45.3 Å². The van der Waals surface area contributed by atoms with Crippen LogP contribution in [-0.4, -0.2) is 71.6 Å². The molecule has 0 spiro atoms. The number of likely N-dealkylation sites (N-methyl/N-ethyl adjacent to an activating group) is 1. The maximum Gasteiger partial charge on any atom is 0.224 e. The summed E-state index contributed by atoms with van der Waals surface area (Å²) in [4.78, 5) is 13.1. The van der Waals surface area contributed by atoms with E-state index in [-0.39, 0.29) is 11.4 Å². The van der Waals surface area contributed by atoms with Gasteiger partial charge in [-0.15, -0.1) is 0 Å². The van der Waals surface area contributed by atoms with Crippen molar-refractivity contribution in [3.63, 3.8) is 0 Å². The van der Waals surface area contributed by atoms with E-state index in [1.807, 2.05) is 0 Å². The molecule has 1 aromatic heterocycles. The predicted molar refractivity (Wildman–Crippen MR) is 87.8 cm³/mol. The molecule has 0 aromatic carbocycles. The van der Waals surface area contributed by atoms with E-state index >= 15 is 0 Å². The summed E-state index contributed by atoms with van der Waals surface area (Å²) in [6, 6.07) is 0. The highest BCUT2D eigenvalue weighted by molar-refractivity contribution is 5.40. The van der Waals surface area contributed by atoms with Crippen molar-refractivity contribution in [2.24, 2.45) is 0 Å². The Morgan fingerprint density at radius 1 is 1.27 bits per heavy atom. The molecule has 1 fully saturated rings. The van der Waals surface area contributed by atoms with Crippen LogP contribution in [0.1, 0.15) is 20.8 Å². The third-order valence-electron chi connectivity index (χ3n) is 4.34. The number of nitrogens with zero attached hydrogens (tertiary/aromatic N) is 4. The minimum Gasteiger partial charge on any atom is -0.371 e. The van der Waals surface area contributed by atoms with Gasteiger partial charge in [0.2, 0.25) is 5.95 Å². The van der Waals surface area contributed by atoms with Crippen molar-refractivity contribution in [2.75, 3.05) is 56.9 Å². The Balaban J connectivity index is 1.92. The average Bonchev–Trinajstić information content (AvgIpc) is 2.54. The SMILES string of the molecule is CCN1CCN(C(C)(C)CNc2ncc(F)c(NC)n2)CC1. The van der Waals surface area contributed by atoms with Crippen LogP contribution in [0.3, 0.4) is 0 Å². The minimum atomic E-state index is -0.442. The highest BCUT2D eigenvalue weighted by Crippen LogP contribution is 2.18. The maximum atomic E-state index is 13.4. The lowest BCUT2D eigenvalue weighted by molar-refractivity contribution is 0.0613. The summed E-state index contributed by atoms with van der Waals surface area (Å²) in [5, 5.41) is 5.95. The first-order chi connectivity index (χ1) is 10.5. The molecule has 7 heteroatoms. The molecule has 2 N–H and O–H groups in total. The van der Waals surface area contributed by atoms with Gasteiger partial charge >= 0.3 is 0 Å². The monoisotopic (exact) mass is 310 g/mol. The Morgan fingerprint density at radius 2 is 1.95 bits per heavy atom. The molecule has 2 rings (SSSR count). The first kappa shape index (κ1) is 16.9. The number of hydrogen-bond acceptors (Lipinski definition) is 6. The van der Waals surface area contributed by atoms with E-state index < -0.39 is 5.82 Å². The minimum absolute atomic E-state index is 0.00260. The molecule has 0 unspecified atom stereocenters. The summed E-state index contributed by atoms with van der Waals surface area (Å²) in [5.41, 5.74) is -0.00260. The molecule has 2 heterocycles. The Kier molecular flexibility index (Phi) is 5.52. The number of piperazine rings is 1. The lowest BCUT2D eigenvalue weighted by atomic mass is 10.0. The fraction of sp³-hybridized carbons (Fsp3) is 0.733. The van der Waals surface area contributed by atoms with Crippen molar-refractivity contribution in [1.82, 2.24) is 19.8 Å². The fourth-order valence-electron chi connectivity index (χ4n) is 2.70. The second-order valence-electron chi connectivity index (χ2n) is 6.23. The van der Waals surface area contributed by atoms with Crippen LogP contribution in [-0.2, 0) is 0 Å². The number of nitrogens with one attached hydrogen (secondary N) is 2. The van der Waals surface area contributed by atoms with Gasteiger partial charge in [-0.05, 0) is 20.4 Å². The molecule has 0 bridgehead atoms. The Hall–Kier alpha value is -1.47. The molecule has 0 amide bonds. The van der Waals surface area contributed by atoms with Gasteiger partial charge in [-0.3, -0.25) is 4.90 Å². The summed E-state index contributed by atoms with van der Waals surface area (Å²) >= 11 is 0. The normalized spacial score (nSPS) is 17.5. The summed E-state index contributed by atoms with van der Waals surface area (Å²) < 4.78 is 13.4. The number of aromatic nitrogens is 2. The molecular formula is C15H27FN6. The maximum absolute atomic E-state index is 13.4. The van der Waals surface area contributed by atoms with Crippen LogP contribution in [0, 0.1) is 5.82 Å². The van der Waals surface area contributed by atoms with E-state index in [0.29, 0.717) is 12.5 Å². The summed E-state index contributed by atoms with van der Waals surface area (Å²) in [6.07, 6.45) is 1.19. The highest BCUT2D eigenvalue weighted by atomic mass is 19.1. The van der Waals surface area contributed by atoms with E-state index in [9.17, 15) is 4.39 Å². The molecule has 1 saturated heterocycles. The quantitative estimate of drug-likeness (QED) is 0.830. The standard InChI is InChI=1S/C15H27FN6/c1-5-21-6-8-22(9-7-21)15(2,3)11-19-14-18-10-12(16)13(17-4)20-14/h10H,5-9,11H2,1-4H3,(H2,17,18,19,20). The molecular weight excluding hydrogens is 283 g/mol. The van der Waals surface area contributed by atoms with Crippen LogP contribution in [0.15, 0.2) is 6.20 Å². The molecule has 1 aliphatic heterocycles. The van der Waals surface area contributed by atoms with E-state index in [0.717, 1.165) is 32.7 Å². The summed E-state index contributed by atoms with van der Waals surface area (Å²) in [6.45, 7) is 12.8. The predicted octanol–water partition coefficient (Wildman–Crippen LogP) is 1.49.